The third-order valence-corrected chi connectivity index (χ3v) is 5.95. The lowest BCUT2D eigenvalue weighted by molar-refractivity contribution is -0.274. The molecule has 1 fully saturated rings. The van der Waals surface area contributed by atoms with Crippen LogP contribution in [0.4, 0.5) is 23.2 Å². The normalized spacial score (nSPS) is 14.3. The highest BCUT2D eigenvalue weighted by Gasteiger charge is 2.53. The lowest BCUT2D eigenvalue weighted by Gasteiger charge is -2.18. The molecule has 36 heavy (non-hydrogen) atoms. The Kier molecular flexibility index (Phi) is 6.75. The molecule has 0 atom stereocenters. The summed E-state index contributed by atoms with van der Waals surface area (Å²) in [5, 5.41) is 6.98. The number of halogens is 4. The van der Waals surface area contributed by atoms with E-state index in [1.807, 2.05) is 6.92 Å². The fraction of sp³-hybridized carbons (Fsp3) is 0.320. The van der Waals surface area contributed by atoms with Crippen LogP contribution >= 0.6 is 0 Å². The van der Waals surface area contributed by atoms with Crippen LogP contribution in [-0.2, 0) is 21.5 Å². The Labute approximate surface area is 204 Å². The number of hydrogen-bond acceptors (Lipinski definition) is 5. The maximum Gasteiger partial charge on any atom is 0.573 e. The smallest absolute Gasteiger partial charge is 0.465 e. The molecule has 1 aromatic heterocycles. The first-order valence-electron chi connectivity index (χ1n) is 11.2. The van der Waals surface area contributed by atoms with E-state index in [1.54, 1.807) is 29.2 Å². The molecule has 1 aliphatic carbocycles. The number of benzene rings is 2. The first-order valence-corrected chi connectivity index (χ1v) is 11.2. The monoisotopic (exact) mass is 505 g/mol. The van der Waals surface area contributed by atoms with Crippen molar-refractivity contribution in [3.63, 3.8) is 0 Å². The number of hydrogen-bond donors (Lipinski definition) is 1. The molecule has 4 rings (SSSR count). The van der Waals surface area contributed by atoms with Crippen LogP contribution in [0.25, 0.3) is 11.1 Å². The molecule has 7 nitrogen and oxygen atoms in total. The van der Waals surface area contributed by atoms with E-state index in [0.29, 0.717) is 36.6 Å². The molecule has 2 aromatic carbocycles. The minimum atomic E-state index is -4.96. The van der Waals surface area contributed by atoms with Crippen molar-refractivity contribution < 1.29 is 36.6 Å². The highest BCUT2D eigenvalue weighted by Crippen LogP contribution is 2.50. The van der Waals surface area contributed by atoms with E-state index >= 15 is 0 Å². The molecular formula is C25H23F4N3O4. The minimum absolute atomic E-state index is 0.0253. The fourth-order valence-corrected chi connectivity index (χ4v) is 4.08. The number of anilines is 1. The van der Waals surface area contributed by atoms with Gasteiger partial charge in [-0.05, 0) is 43.0 Å². The lowest BCUT2D eigenvalue weighted by Crippen LogP contribution is -2.29. The molecule has 0 bridgehead atoms. The molecule has 11 heteroatoms. The van der Waals surface area contributed by atoms with Gasteiger partial charge in [-0.2, -0.15) is 5.10 Å². The van der Waals surface area contributed by atoms with Crippen molar-refractivity contribution in [2.75, 3.05) is 12.4 Å². The molecular weight excluding hydrogens is 482 g/mol. The van der Waals surface area contributed by atoms with Gasteiger partial charge in [-0.25, -0.2) is 9.18 Å². The topological polar surface area (TPSA) is 82.5 Å². The maximum absolute atomic E-state index is 14.7. The van der Waals surface area contributed by atoms with Gasteiger partial charge in [0, 0.05) is 35.6 Å². The van der Waals surface area contributed by atoms with E-state index < -0.39 is 35.2 Å². The van der Waals surface area contributed by atoms with Crippen molar-refractivity contribution in [2.45, 2.75) is 44.5 Å². The van der Waals surface area contributed by atoms with E-state index in [2.05, 4.69) is 15.2 Å². The molecule has 190 valence electrons. The minimum Gasteiger partial charge on any atom is -0.465 e. The Morgan fingerprint density at radius 2 is 1.92 bits per heavy atom. The van der Waals surface area contributed by atoms with E-state index in [9.17, 15) is 27.2 Å². The summed E-state index contributed by atoms with van der Waals surface area (Å²) in [5.41, 5.74) is 0.498. The predicted octanol–water partition coefficient (Wildman–Crippen LogP) is 5.45. The van der Waals surface area contributed by atoms with Crippen LogP contribution in [0.1, 0.15) is 42.1 Å². The van der Waals surface area contributed by atoms with Crippen molar-refractivity contribution in [3.05, 3.63) is 65.7 Å². The van der Waals surface area contributed by atoms with E-state index in [0.717, 1.165) is 18.6 Å². The molecule has 0 unspecified atom stereocenters. The summed E-state index contributed by atoms with van der Waals surface area (Å²) in [7, 11) is 1.24. The summed E-state index contributed by atoms with van der Waals surface area (Å²) < 4.78 is 62.4. The molecule has 0 radical (unpaired) electrons. The van der Waals surface area contributed by atoms with Gasteiger partial charge >= 0.3 is 12.3 Å². The molecule has 0 aliphatic heterocycles. The van der Waals surface area contributed by atoms with Crippen LogP contribution in [0.3, 0.4) is 0 Å². The number of nitrogens with one attached hydrogen (secondary N) is 1. The predicted molar refractivity (Wildman–Crippen MR) is 122 cm³/mol. The molecule has 0 saturated heterocycles. The molecule has 3 aromatic rings. The number of aromatic nitrogens is 2. The number of aryl methyl sites for hydroxylation is 1. The number of nitrogens with zero attached hydrogens (tertiary/aromatic N) is 2. The number of amides is 1. The summed E-state index contributed by atoms with van der Waals surface area (Å²) in [6, 6.07) is 7.42. The summed E-state index contributed by atoms with van der Waals surface area (Å²) in [4.78, 5) is 25.6. The second kappa shape index (κ2) is 9.63. The second-order valence-corrected chi connectivity index (χ2v) is 8.47. The average molecular weight is 505 g/mol. The molecule has 0 spiro atoms. The number of alkyl halides is 3. The standard InChI is InChI=1S/C25H23F4N3O4/c1-3-10-32-14-15(13-30-32)18-6-4-16(11-19(18)22(33)35-2)31-23(34)24(8-9-24)20-7-5-17(12-21(20)26)36-25(27,28)29/h4-7,11-14H,3,8-10H2,1-2H3,(H,31,34). The third-order valence-electron chi connectivity index (χ3n) is 5.95. The fourth-order valence-electron chi connectivity index (χ4n) is 4.08. The van der Waals surface area contributed by atoms with Gasteiger partial charge in [0.05, 0.1) is 24.3 Å². The Morgan fingerprint density at radius 1 is 1.17 bits per heavy atom. The summed E-state index contributed by atoms with van der Waals surface area (Å²) in [6.45, 7) is 2.73. The average Bonchev–Trinajstić information content (AvgIpc) is 3.49. The molecule has 1 amide bonds. The SMILES string of the molecule is CCCn1cc(-c2ccc(NC(=O)C3(c4ccc(OC(F)(F)F)cc4F)CC3)cc2C(=O)OC)cn1. The number of esters is 1. The number of carbonyl (C=O) groups excluding carboxylic acids is 2. The summed E-state index contributed by atoms with van der Waals surface area (Å²) >= 11 is 0. The largest absolute Gasteiger partial charge is 0.573 e. The zero-order valence-corrected chi connectivity index (χ0v) is 19.5. The zero-order chi connectivity index (χ0) is 26.1. The Balaban J connectivity index is 1.58. The van der Waals surface area contributed by atoms with Crippen LogP contribution in [0.2, 0.25) is 0 Å². The van der Waals surface area contributed by atoms with Crippen molar-refractivity contribution >= 4 is 17.6 Å². The van der Waals surface area contributed by atoms with Crippen molar-refractivity contribution in [3.8, 4) is 16.9 Å². The third kappa shape index (κ3) is 5.19. The van der Waals surface area contributed by atoms with Crippen LogP contribution in [0.15, 0.2) is 48.8 Å². The van der Waals surface area contributed by atoms with E-state index in [1.165, 1.54) is 13.2 Å². The molecule has 1 saturated carbocycles. The first kappa shape index (κ1) is 25.2. The van der Waals surface area contributed by atoms with Crippen molar-refractivity contribution in [1.29, 1.82) is 0 Å². The van der Waals surface area contributed by atoms with Gasteiger partial charge < -0.3 is 14.8 Å². The molecule has 1 heterocycles. The number of rotatable bonds is 8. The highest BCUT2D eigenvalue weighted by atomic mass is 19.4. The van der Waals surface area contributed by atoms with Gasteiger partial charge in [0.25, 0.3) is 0 Å². The Hall–Kier alpha value is -3.89. The lowest BCUT2D eigenvalue weighted by atomic mass is 9.94. The van der Waals surface area contributed by atoms with Crippen LogP contribution < -0.4 is 10.1 Å². The van der Waals surface area contributed by atoms with Gasteiger partial charge in [0.15, 0.2) is 0 Å². The molecule has 1 N–H and O–H groups in total. The van der Waals surface area contributed by atoms with E-state index in [-0.39, 0.29) is 16.8 Å². The number of methoxy groups -OCH3 is 1. The van der Waals surface area contributed by atoms with Crippen LogP contribution in [-0.4, -0.2) is 35.1 Å². The van der Waals surface area contributed by atoms with Gasteiger partial charge in [-0.1, -0.05) is 19.1 Å². The van der Waals surface area contributed by atoms with Gasteiger partial charge in [0.1, 0.15) is 11.6 Å². The van der Waals surface area contributed by atoms with Gasteiger partial charge in [0.2, 0.25) is 5.91 Å². The summed E-state index contributed by atoms with van der Waals surface area (Å²) in [5.74, 6) is -2.83. The van der Waals surface area contributed by atoms with Gasteiger partial charge in [-0.3, -0.25) is 9.48 Å². The van der Waals surface area contributed by atoms with Gasteiger partial charge in [-0.15, -0.1) is 13.2 Å². The first-order chi connectivity index (χ1) is 17.1. The quantitative estimate of drug-likeness (QED) is 0.325. The van der Waals surface area contributed by atoms with Crippen molar-refractivity contribution in [2.24, 2.45) is 0 Å². The Bertz CT molecular complexity index is 1300. The molecule has 1 aliphatic rings. The highest BCUT2D eigenvalue weighted by molar-refractivity contribution is 6.04. The Morgan fingerprint density at radius 3 is 2.53 bits per heavy atom. The number of carbonyl (C=O) groups is 2. The summed E-state index contributed by atoms with van der Waals surface area (Å²) in [6.07, 6.45) is -0.0137. The zero-order valence-electron chi connectivity index (χ0n) is 19.5. The van der Waals surface area contributed by atoms with Crippen LogP contribution in [0, 0.1) is 5.82 Å². The van der Waals surface area contributed by atoms with Crippen molar-refractivity contribution in [1.82, 2.24) is 9.78 Å². The number of ether oxygens (including phenoxy) is 2. The maximum atomic E-state index is 14.7. The van der Waals surface area contributed by atoms with Crippen LogP contribution in [0.5, 0.6) is 5.75 Å². The second-order valence-electron chi connectivity index (χ2n) is 8.47. The van der Waals surface area contributed by atoms with E-state index in [4.69, 9.17) is 4.74 Å².